The number of carboxylic acid groups (broad SMARTS) is 1. The van der Waals surface area contributed by atoms with Crippen LogP contribution in [0.3, 0.4) is 0 Å². The van der Waals surface area contributed by atoms with Gasteiger partial charge in [-0.2, -0.15) is 8.42 Å². The van der Waals surface area contributed by atoms with Crippen LogP contribution in [0.4, 0.5) is 5.69 Å². The Labute approximate surface area is 223 Å². The quantitative estimate of drug-likeness (QED) is 0.249. The van der Waals surface area contributed by atoms with Gasteiger partial charge in [0.05, 0.1) is 18.4 Å². The van der Waals surface area contributed by atoms with Gasteiger partial charge in [-0.3, -0.25) is 4.72 Å². The van der Waals surface area contributed by atoms with Gasteiger partial charge in [-0.25, -0.2) is 9.78 Å². The number of sulfonamides is 1. The second kappa shape index (κ2) is 12.1. The largest absolute Gasteiger partial charge is 0.495 e. The molecule has 0 radical (unpaired) electrons. The van der Waals surface area contributed by atoms with E-state index in [2.05, 4.69) is 28.8 Å². The highest BCUT2D eigenvalue weighted by molar-refractivity contribution is 7.92. The first-order valence-electron chi connectivity index (χ1n) is 12.8. The summed E-state index contributed by atoms with van der Waals surface area (Å²) in [7, 11) is -2.63. The number of methoxy groups -OCH3 is 1. The Morgan fingerprint density at radius 2 is 1.84 bits per heavy atom. The highest BCUT2D eigenvalue weighted by atomic mass is 32.2. The highest BCUT2D eigenvalue weighted by Crippen LogP contribution is 2.38. The number of aromatic carboxylic acids is 1. The maximum absolute atomic E-state index is 13.0. The number of rotatable bonds is 11. The predicted molar refractivity (Wildman–Crippen MR) is 147 cm³/mol. The fraction of sp³-hybridized carbons (Fsp3) is 0.429. The zero-order valence-electron chi connectivity index (χ0n) is 21.3. The van der Waals surface area contributed by atoms with Crippen molar-refractivity contribution in [3.63, 3.8) is 0 Å². The minimum Gasteiger partial charge on any atom is -0.495 e. The second-order valence-electron chi connectivity index (χ2n) is 9.65. The Hall–Kier alpha value is -2.91. The van der Waals surface area contributed by atoms with Gasteiger partial charge in [0, 0.05) is 10.9 Å². The van der Waals surface area contributed by atoms with Crippen molar-refractivity contribution in [3.05, 3.63) is 59.0 Å². The molecule has 2 N–H and O–H groups in total. The van der Waals surface area contributed by atoms with Crippen LogP contribution < -0.4 is 9.46 Å². The van der Waals surface area contributed by atoms with Crippen LogP contribution in [0, 0.1) is 5.92 Å². The molecule has 9 heteroatoms. The SMILES string of the molecule is CCCCC[C@H]1CC[C@H](c2ccc(-c3nc(S(=O)(=O)Nc4ccc(C(=O)O)cc4OC)cs3)cc2)CC1. The molecule has 1 aromatic heterocycles. The van der Waals surface area contributed by atoms with Gasteiger partial charge in [-0.05, 0) is 61.3 Å². The third-order valence-electron chi connectivity index (χ3n) is 7.14. The molecule has 1 fully saturated rings. The number of carbonyl (C=O) groups is 1. The topological polar surface area (TPSA) is 106 Å². The van der Waals surface area contributed by atoms with Gasteiger partial charge in [0.25, 0.3) is 10.0 Å². The molecule has 198 valence electrons. The van der Waals surface area contributed by atoms with Crippen LogP contribution in [-0.2, 0) is 10.0 Å². The lowest BCUT2D eigenvalue weighted by Gasteiger charge is -2.29. The van der Waals surface area contributed by atoms with E-state index in [0.29, 0.717) is 10.9 Å². The third-order valence-corrected chi connectivity index (χ3v) is 9.43. The van der Waals surface area contributed by atoms with E-state index >= 15 is 0 Å². The molecule has 2 aromatic carbocycles. The molecule has 0 bridgehead atoms. The Morgan fingerprint density at radius 1 is 1.11 bits per heavy atom. The zero-order valence-corrected chi connectivity index (χ0v) is 22.9. The number of anilines is 1. The number of hydrogen-bond acceptors (Lipinski definition) is 6. The van der Waals surface area contributed by atoms with Gasteiger partial charge in [0.2, 0.25) is 0 Å². The first kappa shape index (κ1) is 27.1. The van der Waals surface area contributed by atoms with E-state index in [-0.39, 0.29) is 22.0 Å². The third kappa shape index (κ3) is 6.70. The molecule has 0 aliphatic heterocycles. The molecule has 0 amide bonds. The number of ether oxygens (including phenoxy) is 1. The number of nitrogens with zero attached hydrogens (tertiary/aromatic N) is 1. The van der Waals surface area contributed by atoms with Crippen molar-refractivity contribution >= 4 is 33.0 Å². The minimum atomic E-state index is -3.98. The lowest BCUT2D eigenvalue weighted by molar-refractivity contribution is 0.0696. The summed E-state index contributed by atoms with van der Waals surface area (Å²) in [5.74, 6) is 0.458. The fourth-order valence-corrected chi connectivity index (χ4v) is 7.16. The molecule has 4 rings (SSSR count). The van der Waals surface area contributed by atoms with Crippen LogP contribution in [0.5, 0.6) is 5.75 Å². The molecule has 3 aromatic rings. The summed E-state index contributed by atoms with van der Waals surface area (Å²) < 4.78 is 33.6. The maximum atomic E-state index is 13.0. The molecule has 1 aliphatic rings. The number of aromatic nitrogens is 1. The van der Waals surface area contributed by atoms with Crippen LogP contribution in [-0.4, -0.2) is 31.6 Å². The molecule has 1 aliphatic carbocycles. The van der Waals surface area contributed by atoms with E-state index < -0.39 is 16.0 Å². The number of benzene rings is 2. The monoisotopic (exact) mass is 542 g/mol. The van der Waals surface area contributed by atoms with Crippen LogP contribution in [0.15, 0.2) is 52.9 Å². The summed E-state index contributed by atoms with van der Waals surface area (Å²) >= 11 is 1.27. The maximum Gasteiger partial charge on any atom is 0.335 e. The molecular weight excluding hydrogens is 508 g/mol. The van der Waals surface area contributed by atoms with Gasteiger partial charge in [0.15, 0.2) is 5.03 Å². The summed E-state index contributed by atoms with van der Waals surface area (Å²) in [4.78, 5) is 15.6. The van der Waals surface area contributed by atoms with Crippen molar-refractivity contribution in [2.75, 3.05) is 11.8 Å². The van der Waals surface area contributed by atoms with Crippen LogP contribution in [0.25, 0.3) is 10.6 Å². The van der Waals surface area contributed by atoms with E-state index in [1.807, 2.05) is 12.1 Å². The van der Waals surface area contributed by atoms with Crippen LogP contribution in [0.2, 0.25) is 0 Å². The van der Waals surface area contributed by atoms with Gasteiger partial charge in [0.1, 0.15) is 10.8 Å². The molecule has 0 unspecified atom stereocenters. The lowest BCUT2D eigenvalue weighted by Crippen LogP contribution is -2.14. The van der Waals surface area contributed by atoms with E-state index in [4.69, 9.17) is 9.84 Å². The van der Waals surface area contributed by atoms with E-state index in [0.717, 1.165) is 11.5 Å². The van der Waals surface area contributed by atoms with Crippen molar-refractivity contribution in [2.45, 2.75) is 69.2 Å². The summed E-state index contributed by atoms with van der Waals surface area (Å²) in [5.41, 5.74) is 2.37. The van der Waals surface area contributed by atoms with Crippen molar-refractivity contribution in [1.82, 2.24) is 4.98 Å². The molecule has 1 saturated carbocycles. The zero-order chi connectivity index (χ0) is 26.4. The van der Waals surface area contributed by atoms with Crippen molar-refractivity contribution in [1.29, 1.82) is 0 Å². The number of carboxylic acids is 1. The van der Waals surface area contributed by atoms with Gasteiger partial charge in [-0.1, -0.05) is 56.9 Å². The first-order chi connectivity index (χ1) is 17.8. The Bertz CT molecular complexity index is 1310. The Kier molecular flexibility index (Phi) is 8.87. The predicted octanol–water partition coefficient (Wildman–Crippen LogP) is 7.17. The summed E-state index contributed by atoms with van der Waals surface area (Å²) in [6.45, 7) is 2.25. The normalized spacial score (nSPS) is 17.9. The van der Waals surface area contributed by atoms with Crippen LogP contribution in [0.1, 0.15) is 80.1 Å². The summed E-state index contributed by atoms with van der Waals surface area (Å²) in [5, 5.41) is 11.2. The standard InChI is InChI=1S/C28H34N2O5S2/c1-3-4-5-6-19-7-9-20(10-8-19)21-11-13-22(14-12-21)27-29-26(18-36-27)37(33,34)30-24-16-15-23(28(31)32)17-25(24)35-2/h11-20,30H,3-10H2,1-2H3,(H,31,32)/t19-,20-. The number of nitrogens with one attached hydrogen (secondary N) is 1. The molecule has 0 atom stereocenters. The number of hydrogen-bond donors (Lipinski definition) is 2. The van der Waals surface area contributed by atoms with E-state index in [1.54, 1.807) is 0 Å². The fourth-order valence-electron chi connectivity index (χ4n) is 4.99. The number of thiazole rings is 1. The smallest absolute Gasteiger partial charge is 0.335 e. The van der Waals surface area contributed by atoms with Crippen LogP contribution >= 0.6 is 11.3 Å². The molecule has 0 saturated heterocycles. The van der Waals surface area contributed by atoms with Crippen molar-refractivity contribution in [3.8, 4) is 16.3 Å². The summed E-state index contributed by atoms with van der Waals surface area (Å²) in [6.07, 6.45) is 10.4. The van der Waals surface area contributed by atoms with E-state index in [9.17, 15) is 13.2 Å². The number of unbranched alkanes of at least 4 members (excludes halogenated alkanes) is 2. The lowest BCUT2D eigenvalue weighted by atomic mass is 9.77. The molecule has 1 heterocycles. The molecule has 0 spiro atoms. The van der Waals surface area contributed by atoms with Crippen molar-refractivity contribution in [2.24, 2.45) is 5.92 Å². The van der Waals surface area contributed by atoms with Gasteiger partial charge < -0.3 is 9.84 Å². The molecular formula is C28H34N2O5S2. The minimum absolute atomic E-state index is 0.000734. The second-order valence-corrected chi connectivity index (χ2v) is 12.1. The first-order valence-corrected chi connectivity index (χ1v) is 15.2. The molecule has 7 nitrogen and oxygen atoms in total. The molecule has 37 heavy (non-hydrogen) atoms. The van der Waals surface area contributed by atoms with E-state index in [1.165, 1.54) is 99.0 Å². The van der Waals surface area contributed by atoms with Gasteiger partial charge in [-0.15, -0.1) is 11.3 Å². The average Bonchev–Trinajstić information content (AvgIpc) is 3.41. The average molecular weight is 543 g/mol. The Balaban J connectivity index is 1.41. The van der Waals surface area contributed by atoms with Gasteiger partial charge >= 0.3 is 5.97 Å². The Morgan fingerprint density at radius 3 is 2.49 bits per heavy atom. The van der Waals surface area contributed by atoms with Crippen molar-refractivity contribution < 1.29 is 23.1 Å². The highest BCUT2D eigenvalue weighted by Gasteiger charge is 2.23. The summed E-state index contributed by atoms with van der Waals surface area (Å²) in [6, 6.07) is 12.3.